The van der Waals surface area contributed by atoms with E-state index in [-0.39, 0.29) is 0 Å². The van der Waals surface area contributed by atoms with E-state index in [0.717, 1.165) is 6.54 Å². The quantitative estimate of drug-likeness (QED) is 0.765. The van der Waals surface area contributed by atoms with Crippen molar-refractivity contribution in [2.24, 2.45) is 10.9 Å². The van der Waals surface area contributed by atoms with Crippen LogP contribution in [0.3, 0.4) is 0 Å². The second-order valence-electron chi connectivity index (χ2n) is 5.35. The normalized spacial score (nSPS) is 14.4. The Kier molecular flexibility index (Phi) is 5.73. The summed E-state index contributed by atoms with van der Waals surface area (Å²) >= 11 is 1.78. The molecular formula is C15H24N2S. The summed E-state index contributed by atoms with van der Waals surface area (Å²) in [6.07, 6.45) is 4.12. The van der Waals surface area contributed by atoms with Crippen LogP contribution < -0.4 is 0 Å². The molecule has 0 aliphatic carbocycles. The van der Waals surface area contributed by atoms with Crippen LogP contribution in [-0.2, 0) is 0 Å². The minimum Gasteiger partial charge on any atom is -0.285 e. The van der Waals surface area contributed by atoms with E-state index in [1.165, 1.54) is 21.2 Å². The zero-order chi connectivity index (χ0) is 13.7. The molecule has 1 aromatic rings. The van der Waals surface area contributed by atoms with Crippen molar-refractivity contribution in [1.82, 2.24) is 4.98 Å². The first-order chi connectivity index (χ1) is 8.40. The molecule has 0 radical (unpaired) electrons. The lowest BCUT2D eigenvalue weighted by Gasteiger charge is -1.98. The molecule has 1 aromatic heterocycles. The summed E-state index contributed by atoms with van der Waals surface area (Å²) in [5, 5.41) is 1.24. The number of rotatable bonds is 2. The van der Waals surface area contributed by atoms with Crippen molar-refractivity contribution in [3.05, 3.63) is 27.7 Å². The minimum absolute atomic E-state index is 0.587. The fourth-order valence-corrected chi connectivity index (χ4v) is 2.32. The van der Waals surface area contributed by atoms with Gasteiger partial charge in [0.1, 0.15) is 0 Å². The maximum absolute atomic E-state index is 4.34. The van der Waals surface area contributed by atoms with Gasteiger partial charge in [0, 0.05) is 22.7 Å². The van der Waals surface area contributed by atoms with Crippen LogP contribution in [0, 0.1) is 12.8 Å². The highest BCUT2D eigenvalue weighted by atomic mass is 32.1. The summed E-state index contributed by atoms with van der Waals surface area (Å²) < 4.78 is 0. The van der Waals surface area contributed by atoms with E-state index < -0.39 is 0 Å². The molecule has 0 saturated carbocycles. The van der Waals surface area contributed by atoms with Gasteiger partial charge in [-0.3, -0.25) is 4.99 Å². The smallest absolute Gasteiger partial charge is 0.0952 e. The first kappa shape index (κ1) is 15.1. The van der Waals surface area contributed by atoms with Gasteiger partial charge in [-0.15, -0.1) is 11.3 Å². The lowest BCUT2D eigenvalue weighted by atomic mass is 10.1. The molecule has 0 atom stereocenters. The number of thiazole rings is 1. The van der Waals surface area contributed by atoms with E-state index in [4.69, 9.17) is 0 Å². The van der Waals surface area contributed by atoms with E-state index in [9.17, 15) is 0 Å². The van der Waals surface area contributed by atoms with E-state index in [2.05, 4.69) is 57.6 Å². The number of aromatic nitrogens is 1. The van der Waals surface area contributed by atoms with Crippen LogP contribution in [0.2, 0.25) is 0 Å². The number of aryl methyl sites for hydroxylation is 1. The Morgan fingerprint density at radius 2 is 1.78 bits per heavy atom. The molecule has 0 saturated heterocycles. The number of nitrogens with zero attached hydrogens (tertiary/aromatic N) is 2. The Balaban J connectivity index is 0.000000180. The summed E-state index contributed by atoms with van der Waals surface area (Å²) in [6.45, 7) is 13.8. The molecule has 0 unspecified atom stereocenters. The van der Waals surface area contributed by atoms with Crippen molar-refractivity contribution in [2.45, 2.75) is 47.5 Å². The minimum atomic E-state index is 0.587. The van der Waals surface area contributed by atoms with E-state index in [0.29, 0.717) is 11.8 Å². The molecule has 0 N–H and O–H groups in total. The highest BCUT2D eigenvalue weighted by Crippen LogP contribution is 2.19. The Morgan fingerprint density at radius 3 is 2.00 bits per heavy atom. The van der Waals surface area contributed by atoms with Crippen LogP contribution in [0.1, 0.15) is 50.4 Å². The second-order valence-corrected chi connectivity index (χ2v) is 6.62. The van der Waals surface area contributed by atoms with Gasteiger partial charge in [-0.2, -0.15) is 0 Å². The molecule has 0 bridgehead atoms. The molecule has 2 heterocycles. The zero-order valence-electron chi connectivity index (χ0n) is 12.3. The van der Waals surface area contributed by atoms with Crippen LogP contribution in [0.15, 0.2) is 22.8 Å². The van der Waals surface area contributed by atoms with Crippen molar-refractivity contribution >= 4 is 17.0 Å². The molecule has 1 aliphatic heterocycles. The van der Waals surface area contributed by atoms with Gasteiger partial charge in [-0.1, -0.05) is 33.3 Å². The number of allylic oxidation sites excluding steroid dienone is 1. The number of aliphatic imine (C=N–C) groups is 1. The number of hydrogen-bond acceptors (Lipinski definition) is 3. The van der Waals surface area contributed by atoms with E-state index >= 15 is 0 Å². The van der Waals surface area contributed by atoms with Crippen molar-refractivity contribution in [2.75, 3.05) is 6.54 Å². The Bertz CT molecular complexity index is 439. The third-order valence-corrected chi connectivity index (χ3v) is 3.84. The second kappa shape index (κ2) is 6.83. The molecule has 2 nitrogen and oxygen atoms in total. The number of hydrogen-bond donors (Lipinski definition) is 0. The molecule has 0 spiro atoms. The summed E-state index contributed by atoms with van der Waals surface area (Å²) in [6, 6.07) is 0. The lowest BCUT2D eigenvalue weighted by molar-refractivity contribution is 0.852. The van der Waals surface area contributed by atoms with Gasteiger partial charge in [0.25, 0.3) is 0 Å². The topological polar surface area (TPSA) is 25.2 Å². The fourth-order valence-electron chi connectivity index (χ4n) is 1.55. The average molecular weight is 264 g/mol. The van der Waals surface area contributed by atoms with E-state index in [1.54, 1.807) is 11.3 Å². The highest BCUT2D eigenvalue weighted by Gasteiger charge is 2.06. The predicted molar refractivity (Wildman–Crippen MR) is 81.8 cm³/mol. The Labute approximate surface area is 115 Å². The summed E-state index contributed by atoms with van der Waals surface area (Å²) in [7, 11) is 0. The van der Waals surface area contributed by atoms with Crippen LogP contribution in [-0.4, -0.2) is 17.2 Å². The first-order valence-corrected chi connectivity index (χ1v) is 7.35. The van der Waals surface area contributed by atoms with Gasteiger partial charge in [0.05, 0.1) is 11.6 Å². The van der Waals surface area contributed by atoms with Crippen molar-refractivity contribution in [3.63, 3.8) is 0 Å². The molecule has 0 fully saturated rings. The summed E-state index contributed by atoms with van der Waals surface area (Å²) in [5.74, 6) is 1.19. The molecule has 100 valence electrons. The monoisotopic (exact) mass is 264 g/mol. The summed E-state index contributed by atoms with van der Waals surface area (Å²) in [5.41, 5.74) is 2.64. The average Bonchev–Trinajstić information content (AvgIpc) is 2.88. The maximum atomic E-state index is 4.34. The molecule has 0 aromatic carbocycles. The Hall–Kier alpha value is -0.960. The van der Waals surface area contributed by atoms with Gasteiger partial charge >= 0.3 is 0 Å². The molecular weight excluding hydrogens is 240 g/mol. The van der Waals surface area contributed by atoms with Crippen LogP contribution in [0.4, 0.5) is 0 Å². The molecule has 3 heteroatoms. The van der Waals surface area contributed by atoms with Crippen molar-refractivity contribution in [1.29, 1.82) is 0 Å². The standard InChI is InChI=1S/C8H13N.C7H11NS/c1-6(2)8-4-7(3)5-9-8;1-5(2)7-8-4-6(3)9-7/h4,6H,5H2,1-3H3;4-5H,1-3H3. The van der Waals surface area contributed by atoms with Crippen molar-refractivity contribution in [3.8, 4) is 0 Å². The van der Waals surface area contributed by atoms with Gasteiger partial charge in [0.2, 0.25) is 0 Å². The lowest BCUT2D eigenvalue weighted by Crippen LogP contribution is -2.00. The SMILES string of the molecule is CC1=CC(C(C)C)=NC1.Cc1cnc(C(C)C)s1. The predicted octanol–water partition coefficient (Wildman–Crippen LogP) is 4.62. The fraction of sp³-hybridized carbons (Fsp3) is 0.600. The molecule has 18 heavy (non-hydrogen) atoms. The van der Waals surface area contributed by atoms with Gasteiger partial charge in [-0.25, -0.2) is 4.98 Å². The Morgan fingerprint density at radius 1 is 1.11 bits per heavy atom. The van der Waals surface area contributed by atoms with Gasteiger partial charge in [-0.05, 0) is 25.8 Å². The maximum Gasteiger partial charge on any atom is 0.0952 e. The largest absolute Gasteiger partial charge is 0.285 e. The third-order valence-electron chi connectivity index (χ3n) is 2.63. The third kappa shape index (κ3) is 4.73. The van der Waals surface area contributed by atoms with Crippen molar-refractivity contribution < 1.29 is 0 Å². The van der Waals surface area contributed by atoms with E-state index in [1.807, 2.05) is 6.20 Å². The molecule has 1 aliphatic rings. The summed E-state index contributed by atoms with van der Waals surface area (Å²) in [4.78, 5) is 9.88. The van der Waals surface area contributed by atoms with Crippen LogP contribution in [0.5, 0.6) is 0 Å². The molecule has 0 amide bonds. The molecule has 2 rings (SSSR count). The van der Waals surface area contributed by atoms with Gasteiger partial charge in [0.15, 0.2) is 0 Å². The highest BCUT2D eigenvalue weighted by molar-refractivity contribution is 7.11. The first-order valence-electron chi connectivity index (χ1n) is 6.54. The van der Waals surface area contributed by atoms with Gasteiger partial charge < -0.3 is 0 Å². The van der Waals surface area contributed by atoms with Crippen LogP contribution >= 0.6 is 11.3 Å². The zero-order valence-corrected chi connectivity index (χ0v) is 13.1. The van der Waals surface area contributed by atoms with Crippen LogP contribution in [0.25, 0.3) is 0 Å².